The molecule has 2 heterocycles. The van der Waals surface area contributed by atoms with E-state index in [-0.39, 0.29) is 24.4 Å². The molecule has 0 N–H and O–H groups in total. The van der Waals surface area contributed by atoms with E-state index in [4.69, 9.17) is 4.74 Å². The fourth-order valence-corrected chi connectivity index (χ4v) is 3.14. The van der Waals surface area contributed by atoms with Gasteiger partial charge in [0.1, 0.15) is 5.69 Å². The Morgan fingerprint density at radius 1 is 1.32 bits per heavy atom. The number of amides is 1. The molecule has 1 saturated heterocycles. The van der Waals surface area contributed by atoms with Crippen molar-refractivity contribution in [3.8, 4) is 0 Å². The number of hydrogen-bond acceptors (Lipinski definition) is 4. The van der Waals surface area contributed by atoms with Crippen molar-refractivity contribution < 1.29 is 14.3 Å². The summed E-state index contributed by atoms with van der Waals surface area (Å²) in [5, 5.41) is 4.25. The van der Waals surface area contributed by atoms with Gasteiger partial charge in [-0.2, -0.15) is 5.10 Å². The SMILES string of the molecule is CCn1nc(C)cc1C(=O)OC[C@H]1CC(=O)N(Cc2ccccc2)C1. The molecule has 1 aromatic carbocycles. The number of carbonyl (C=O) groups is 2. The molecule has 1 fully saturated rings. The quantitative estimate of drug-likeness (QED) is 0.757. The third-order valence-electron chi connectivity index (χ3n) is 4.37. The first kappa shape index (κ1) is 17.2. The monoisotopic (exact) mass is 341 g/mol. The maximum atomic E-state index is 12.3. The highest BCUT2D eigenvalue weighted by Crippen LogP contribution is 2.21. The molecule has 0 bridgehead atoms. The molecular formula is C19H23N3O3. The van der Waals surface area contributed by atoms with Gasteiger partial charge in [-0.3, -0.25) is 9.48 Å². The third kappa shape index (κ3) is 4.07. The highest BCUT2D eigenvalue weighted by Gasteiger charge is 2.30. The zero-order chi connectivity index (χ0) is 17.8. The first-order valence-corrected chi connectivity index (χ1v) is 8.60. The number of aromatic nitrogens is 2. The summed E-state index contributed by atoms with van der Waals surface area (Å²) in [6, 6.07) is 11.6. The van der Waals surface area contributed by atoms with Gasteiger partial charge in [-0.15, -0.1) is 0 Å². The molecule has 132 valence electrons. The van der Waals surface area contributed by atoms with Gasteiger partial charge in [0.2, 0.25) is 5.91 Å². The van der Waals surface area contributed by atoms with Gasteiger partial charge >= 0.3 is 5.97 Å². The Balaban J connectivity index is 1.54. The van der Waals surface area contributed by atoms with Crippen LogP contribution in [0.15, 0.2) is 36.4 Å². The topological polar surface area (TPSA) is 64.4 Å². The Morgan fingerprint density at radius 3 is 2.80 bits per heavy atom. The van der Waals surface area contributed by atoms with Crippen LogP contribution in [0.5, 0.6) is 0 Å². The summed E-state index contributed by atoms with van der Waals surface area (Å²) in [5.74, 6) is -0.227. The predicted octanol–water partition coefficient (Wildman–Crippen LogP) is 2.42. The van der Waals surface area contributed by atoms with E-state index in [1.807, 2.05) is 49.1 Å². The number of carbonyl (C=O) groups excluding carboxylic acids is 2. The fourth-order valence-electron chi connectivity index (χ4n) is 3.14. The lowest BCUT2D eigenvalue weighted by atomic mass is 10.1. The molecule has 1 aliphatic rings. The molecule has 1 aliphatic heterocycles. The van der Waals surface area contributed by atoms with E-state index in [2.05, 4.69) is 5.10 Å². The molecule has 0 saturated carbocycles. The average molecular weight is 341 g/mol. The van der Waals surface area contributed by atoms with Crippen molar-refractivity contribution in [3.05, 3.63) is 53.3 Å². The van der Waals surface area contributed by atoms with Crippen LogP contribution in [0.2, 0.25) is 0 Å². The zero-order valence-electron chi connectivity index (χ0n) is 14.6. The Morgan fingerprint density at radius 2 is 2.08 bits per heavy atom. The summed E-state index contributed by atoms with van der Waals surface area (Å²) in [4.78, 5) is 26.3. The van der Waals surface area contributed by atoms with E-state index in [9.17, 15) is 9.59 Å². The molecule has 0 radical (unpaired) electrons. The molecular weight excluding hydrogens is 318 g/mol. The van der Waals surface area contributed by atoms with Crippen LogP contribution in [-0.4, -0.2) is 39.7 Å². The predicted molar refractivity (Wildman–Crippen MR) is 92.9 cm³/mol. The van der Waals surface area contributed by atoms with Crippen LogP contribution in [0.1, 0.15) is 35.1 Å². The second-order valence-corrected chi connectivity index (χ2v) is 6.42. The lowest BCUT2D eigenvalue weighted by Gasteiger charge is -2.16. The number of rotatable bonds is 6. The maximum Gasteiger partial charge on any atom is 0.356 e. The van der Waals surface area contributed by atoms with Crippen molar-refractivity contribution in [1.29, 1.82) is 0 Å². The van der Waals surface area contributed by atoms with E-state index in [1.54, 1.807) is 10.7 Å². The molecule has 1 amide bonds. The molecule has 6 nitrogen and oxygen atoms in total. The van der Waals surface area contributed by atoms with Crippen molar-refractivity contribution in [2.24, 2.45) is 5.92 Å². The second-order valence-electron chi connectivity index (χ2n) is 6.42. The van der Waals surface area contributed by atoms with Gasteiger partial charge < -0.3 is 9.64 Å². The van der Waals surface area contributed by atoms with E-state index in [1.165, 1.54) is 0 Å². The standard InChI is InChI=1S/C19H23N3O3/c1-3-22-17(9-14(2)20-22)19(24)25-13-16-10-18(23)21(12-16)11-15-7-5-4-6-8-15/h4-9,16H,3,10-13H2,1-2H3/t16-/m0/s1. The summed E-state index contributed by atoms with van der Waals surface area (Å²) in [6.07, 6.45) is 0.423. The highest BCUT2D eigenvalue weighted by molar-refractivity contribution is 5.87. The summed E-state index contributed by atoms with van der Waals surface area (Å²) >= 11 is 0. The van der Waals surface area contributed by atoms with Crippen molar-refractivity contribution in [2.45, 2.75) is 33.4 Å². The first-order chi connectivity index (χ1) is 12.1. The van der Waals surface area contributed by atoms with E-state index < -0.39 is 0 Å². The number of nitrogens with zero attached hydrogens (tertiary/aromatic N) is 3. The van der Waals surface area contributed by atoms with Crippen LogP contribution < -0.4 is 0 Å². The maximum absolute atomic E-state index is 12.3. The molecule has 6 heteroatoms. The van der Waals surface area contributed by atoms with Crippen LogP contribution in [0.3, 0.4) is 0 Å². The van der Waals surface area contributed by atoms with Crippen LogP contribution in [0.25, 0.3) is 0 Å². The Kier molecular flexibility index (Phi) is 5.16. The van der Waals surface area contributed by atoms with Crippen molar-refractivity contribution >= 4 is 11.9 Å². The van der Waals surface area contributed by atoms with Crippen LogP contribution >= 0.6 is 0 Å². The summed E-state index contributed by atoms with van der Waals surface area (Å²) in [5.41, 5.74) is 2.36. The summed E-state index contributed by atoms with van der Waals surface area (Å²) in [7, 11) is 0. The number of ether oxygens (including phenoxy) is 1. The highest BCUT2D eigenvalue weighted by atomic mass is 16.5. The van der Waals surface area contributed by atoms with Gasteiger partial charge in [0.15, 0.2) is 0 Å². The molecule has 1 atom stereocenters. The van der Waals surface area contributed by atoms with Crippen molar-refractivity contribution in [1.82, 2.24) is 14.7 Å². The third-order valence-corrected chi connectivity index (χ3v) is 4.37. The largest absolute Gasteiger partial charge is 0.461 e. The normalized spacial score (nSPS) is 17.1. The summed E-state index contributed by atoms with van der Waals surface area (Å²) in [6.45, 7) is 5.87. The Hall–Kier alpha value is -2.63. The molecule has 0 aliphatic carbocycles. The van der Waals surface area contributed by atoms with Crippen molar-refractivity contribution in [3.63, 3.8) is 0 Å². The zero-order valence-corrected chi connectivity index (χ0v) is 14.6. The van der Waals surface area contributed by atoms with Gasteiger partial charge in [0.05, 0.1) is 12.3 Å². The van der Waals surface area contributed by atoms with Crippen LogP contribution in [0, 0.1) is 12.8 Å². The minimum Gasteiger partial charge on any atom is -0.461 e. The molecule has 0 unspecified atom stereocenters. The van der Waals surface area contributed by atoms with Gasteiger partial charge in [-0.05, 0) is 25.5 Å². The first-order valence-electron chi connectivity index (χ1n) is 8.60. The molecule has 2 aromatic rings. The van der Waals surface area contributed by atoms with E-state index >= 15 is 0 Å². The number of benzene rings is 1. The number of aryl methyl sites for hydroxylation is 2. The van der Waals surface area contributed by atoms with E-state index in [0.717, 1.165) is 11.3 Å². The minimum absolute atomic E-state index is 0.0410. The van der Waals surface area contributed by atoms with Gasteiger partial charge in [-0.25, -0.2) is 4.79 Å². The smallest absolute Gasteiger partial charge is 0.356 e. The second kappa shape index (κ2) is 7.51. The van der Waals surface area contributed by atoms with E-state index in [0.29, 0.717) is 31.7 Å². The van der Waals surface area contributed by atoms with Gasteiger partial charge in [-0.1, -0.05) is 30.3 Å². The Bertz CT molecular complexity index is 755. The number of hydrogen-bond donors (Lipinski definition) is 0. The lowest BCUT2D eigenvalue weighted by Crippen LogP contribution is -2.25. The molecule has 25 heavy (non-hydrogen) atoms. The van der Waals surface area contributed by atoms with Crippen LogP contribution in [-0.2, 0) is 22.6 Å². The summed E-state index contributed by atoms with van der Waals surface area (Å²) < 4.78 is 7.07. The number of likely N-dealkylation sites (tertiary alicyclic amines) is 1. The molecule has 3 rings (SSSR count). The molecule has 1 aromatic heterocycles. The van der Waals surface area contributed by atoms with Crippen molar-refractivity contribution in [2.75, 3.05) is 13.2 Å². The van der Waals surface area contributed by atoms with Gasteiger partial charge in [0, 0.05) is 32.0 Å². The average Bonchev–Trinajstić information content (AvgIpc) is 3.16. The fraction of sp³-hybridized carbons (Fsp3) is 0.421. The molecule has 0 spiro atoms. The van der Waals surface area contributed by atoms with Crippen LogP contribution in [0.4, 0.5) is 0 Å². The lowest BCUT2D eigenvalue weighted by molar-refractivity contribution is -0.128. The van der Waals surface area contributed by atoms with Gasteiger partial charge in [0.25, 0.3) is 0 Å². The minimum atomic E-state index is -0.378. The Labute approximate surface area is 147 Å². The number of esters is 1.